The SMILES string of the molecule is CC(C)(C)OC(=O)NCCN(CCNC(=O)OC(C)(C)C)CCNC(=O)c1cccc2c(Cl)c3ccccc3nc12. The molecule has 3 N–H and O–H groups in total. The summed E-state index contributed by atoms with van der Waals surface area (Å²) in [5, 5.41) is 10.5. The highest BCUT2D eigenvalue weighted by Crippen LogP contribution is 2.31. The Morgan fingerprint density at radius 1 is 0.756 bits per heavy atom. The molecule has 0 fully saturated rings. The monoisotopic (exact) mass is 585 g/mol. The van der Waals surface area contributed by atoms with Gasteiger partial charge in [0.25, 0.3) is 5.91 Å². The van der Waals surface area contributed by atoms with Crippen molar-refractivity contribution in [1.29, 1.82) is 0 Å². The topological polar surface area (TPSA) is 122 Å². The summed E-state index contributed by atoms with van der Waals surface area (Å²) in [6.07, 6.45) is -1.01. The smallest absolute Gasteiger partial charge is 0.407 e. The van der Waals surface area contributed by atoms with E-state index in [4.69, 9.17) is 26.1 Å². The summed E-state index contributed by atoms with van der Waals surface area (Å²) in [4.78, 5) is 44.0. The van der Waals surface area contributed by atoms with Gasteiger partial charge in [0.2, 0.25) is 0 Å². The highest BCUT2D eigenvalue weighted by Gasteiger charge is 2.19. The summed E-state index contributed by atoms with van der Waals surface area (Å²) in [7, 11) is 0. The van der Waals surface area contributed by atoms with Gasteiger partial charge in [-0.15, -0.1) is 0 Å². The number of halogens is 1. The zero-order valence-electron chi connectivity index (χ0n) is 24.6. The minimum atomic E-state index is -0.599. The van der Waals surface area contributed by atoms with Gasteiger partial charge in [-0.1, -0.05) is 41.9 Å². The number of nitrogens with zero attached hydrogens (tertiary/aromatic N) is 2. The first kappa shape index (κ1) is 31.9. The van der Waals surface area contributed by atoms with E-state index in [1.807, 2.05) is 35.2 Å². The predicted molar refractivity (Wildman–Crippen MR) is 162 cm³/mol. The van der Waals surface area contributed by atoms with Crippen LogP contribution in [-0.2, 0) is 9.47 Å². The van der Waals surface area contributed by atoms with Crippen LogP contribution in [0.3, 0.4) is 0 Å². The maximum Gasteiger partial charge on any atom is 0.407 e. The van der Waals surface area contributed by atoms with Crippen molar-refractivity contribution in [1.82, 2.24) is 25.8 Å². The van der Waals surface area contributed by atoms with Crippen molar-refractivity contribution in [2.45, 2.75) is 52.7 Å². The van der Waals surface area contributed by atoms with Gasteiger partial charge in [0.05, 0.1) is 21.6 Å². The van der Waals surface area contributed by atoms with Crippen LogP contribution in [0.25, 0.3) is 21.8 Å². The van der Waals surface area contributed by atoms with Gasteiger partial charge in [-0.3, -0.25) is 9.69 Å². The number of hydrogen-bond acceptors (Lipinski definition) is 7. The number of ether oxygens (including phenoxy) is 2. The minimum absolute atomic E-state index is 0.270. The van der Waals surface area contributed by atoms with Crippen molar-refractivity contribution < 1.29 is 23.9 Å². The van der Waals surface area contributed by atoms with Crippen LogP contribution in [0.5, 0.6) is 0 Å². The van der Waals surface area contributed by atoms with Crippen molar-refractivity contribution in [2.75, 3.05) is 39.3 Å². The second-order valence-electron chi connectivity index (χ2n) is 11.6. The lowest BCUT2D eigenvalue weighted by Gasteiger charge is -2.25. The molecule has 222 valence electrons. The van der Waals surface area contributed by atoms with Gasteiger partial charge in [-0.05, 0) is 53.7 Å². The molecule has 0 atom stereocenters. The van der Waals surface area contributed by atoms with Crippen molar-refractivity contribution in [3.63, 3.8) is 0 Å². The Morgan fingerprint density at radius 3 is 1.83 bits per heavy atom. The first-order valence-electron chi connectivity index (χ1n) is 13.6. The first-order valence-corrected chi connectivity index (χ1v) is 14.0. The fourth-order valence-corrected chi connectivity index (χ4v) is 4.38. The molecule has 0 aliphatic heterocycles. The molecule has 0 aliphatic rings. The normalized spacial score (nSPS) is 11.9. The summed E-state index contributed by atoms with van der Waals surface area (Å²) in [5.41, 5.74) is 0.483. The maximum absolute atomic E-state index is 13.2. The van der Waals surface area contributed by atoms with E-state index in [9.17, 15) is 14.4 Å². The van der Waals surface area contributed by atoms with Gasteiger partial charge in [-0.2, -0.15) is 0 Å². The molecule has 11 heteroatoms. The Kier molecular flexibility index (Phi) is 10.8. The average Bonchev–Trinajstić information content (AvgIpc) is 2.86. The Morgan fingerprint density at radius 2 is 1.27 bits per heavy atom. The Hall–Kier alpha value is -3.63. The Bertz CT molecular complexity index is 1350. The van der Waals surface area contributed by atoms with Crippen LogP contribution >= 0.6 is 11.6 Å². The standard InChI is InChI=1S/C30H40ClN5O5/c1-29(2,3)40-27(38)33-15-18-36(19-16-34-28(39)41-30(4,5)6)17-14-32-26(37)22-12-9-11-21-24(31)20-10-7-8-13-23(20)35-25(21)22/h7-13H,14-19H2,1-6H3,(H,32,37)(H,33,38)(H,34,39). The zero-order chi connectivity index (χ0) is 30.2. The second kappa shape index (κ2) is 13.8. The van der Waals surface area contributed by atoms with Gasteiger partial charge >= 0.3 is 12.2 Å². The van der Waals surface area contributed by atoms with E-state index in [1.165, 1.54) is 0 Å². The molecule has 10 nitrogen and oxygen atoms in total. The highest BCUT2D eigenvalue weighted by atomic mass is 35.5. The van der Waals surface area contributed by atoms with Crippen molar-refractivity contribution in [3.05, 3.63) is 53.1 Å². The van der Waals surface area contributed by atoms with E-state index < -0.39 is 23.4 Å². The van der Waals surface area contributed by atoms with E-state index in [2.05, 4.69) is 16.0 Å². The predicted octanol–water partition coefficient (Wildman–Crippen LogP) is 5.12. The molecule has 41 heavy (non-hydrogen) atoms. The molecule has 3 rings (SSSR count). The molecule has 0 spiro atoms. The maximum atomic E-state index is 13.2. The highest BCUT2D eigenvalue weighted by molar-refractivity contribution is 6.40. The van der Waals surface area contributed by atoms with E-state index in [0.29, 0.717) is 66.3 Å². The molecule has 1 heterocycles. The largest absolute Gasteiger partial charge is 0.444 e. The third-order valence-corrected chi connectivity index (χ3v) is 6.20. The fraction of sp³-hybridized carbons (Fsp3) is 0.467. The molecule has 0 saturated carbocycles. The van der Waals surface area contributed by atoms with Gasteiger partial charge in [0.1, 0.15) is 11.2 Å². The molecule has 3 aromatic rings. The molecular formula is C30H40ClN5O5. The zero-order valence-corrected chi connectivity index (χ0v) is 25.4. The summed E-state index contributed by atoms with van der Waals surface area (Å²) in [6.45, 7) is 13.2. The molecule has 1 aromatic heterocycles. The summed E-state index contributed by atoms with van der Waals surface area (Å²) in [6, 6.07) is 12.9. The number of para-hydroxylation sites is 2. The van der Waals surface area contributed by atoms with Crippen molar-refractivity contribution in [3.8, 4) is 0 Å². The van der Waals surface area contributed by atoms with Crippen LogP contribution in [0.4, 0.5) is 9.59 Å². The summed E-state index contributed by atoms with van der Waals surface area (Å²) in [5.74, 6) is -0.270. The molecule has 0 saturated heterocycles. The lowest BCUT2D eigenvalue weighted by Crippen LogP contribution is -2.44. The van der Waals surface area contributed by atoms with E-state index >= 15 is 0 Å². The third-order valence-electron chi connectivity index (χ3n) is 5.80. The summed E-state index contributed by atoms with van der Waals surface area (Å²) < 4.78 is 10.6. The molecule has 0 bridgehead atoms. The Labute approximate surface area is 246 Å². The molecule has 2 aromatic carbocycles. The number of amides is 3. The quantitative estimate of drug-likeness (QED) is 0.282. The molecule has 3 amide bonds. The summed E-state index contributed by atoms with van der Waals surface area (Å²) >= 11 is 6.65. The van der Waals surface area contributed by atoms with E-state index in [0.717, 1.165) is 5.39 Å². The third kappa shape index (κ3) is 10.1. The number of fused-ring (bicyclic) bond motifs is 2. The molecular weight excluding hydrogens is 546 g/mol. The minimum Gasteiger partial charge on any atom is -0.444 e. The van der Waals surface area contributed by atoms with Crippen LogP contribution in [0.1, 0.15) is 51.9 Å². The van der Waals surface area contributed by atoms with Crippen LogP contribution in [0.2, 0.25) is 5.02 Å². The number of carbonyl (C=O) groups excluding carboxylic acids is 3. The number of benzene rings is 2. The number of carbonyl (C=O) groups is 3. The van der Waals surface area contributed by atoms with Crippen LogP contribution in [0, 0.1) is 0 Å². The lowest BCUT2D eigenvalue weighted by molar-refractivity contribution is 0.0520. The van der Waals surface area contributed by atoms with Gasteiger partial charge in [0, 0.05) is 50.0 Å². The van der Waals surface area contributed by atoms with Crippen LogP contribution in [-0.4, -0.2) is 78.4 Å². The number of rotatable bonds is 10. The first-order chi connectivity index (χ1) is 19.2. The number of pyridine rings is 1. The van der Waals surface area contributed by atoms with Crippen molar-refractivity contribution >= 4 is 51.5 Å². The Balaban J connectivity index is 1.62. The van der Waals surface area contributed by atoms with E-state index in [1.54, 1.807) is 53.7 Å². The van der Waals surface area contributed by atoms with Gasteiger partial charge in [0.15, 0.2) is 0 Å². The molecule has 0 unspecified atom stereocenters. The number of alkyl carbamates (subject to hydrolysis) is 2. The van der Waals surface area contributed by atoms with Crippen LogP contribution < -0.4 is 16.0 Å². The van der Waals surface area contributed by atoms with Gasteiger partial charge < -0.3 is 25.4 Å². The molecule has 0 aliphatic carbocycles. The number of nitrogens with one attached hydrogen (secondary N) is 3. The lowest BCUT2D eigenvalue weighted by atomic mass is 10.1. The molecule has 0 radical (unpaired) electrons. The van der Waals surface area contributed by atoms with Gasteiger partial charge in [-0.25, -0.2) is 14.6 Å². The second-order valence-corrected chi connectivity index (χ2v) is 12.0. The fourth-order valence-electron chi connectivity index (χ4n) is 4.07. The average molecular weight is 586 g/mol. The van der Waals surface area contributed by atoms with Crippen LogP contribution in [0.15, 0.2) is 42.5 Å². The number of aromatic nitrogens is 1. The number of hydrogen-bond donors (Lipinski definition) is 3. The van der Waals surface area contributed by atoms with E-state index in [-0.39, 0.29) is 5.91 Å². The van der Waals surface area contributed by atoms with Crippen molar-refractivity contribution in [2.24, 2.45) is 0 Å².